The predicted molar refractivity (Wildman–Crippen MR) is 63.5 cm³/mol. The van der Waals surface area contributed by atoms with Crippen LogP contribution in [-0.2, 0) is 9.53 Å². The number of carbonyl (C=O) groups is 2. The van der Waals surface area contributed by atoms with Gasteiger partial charge in [0.05, 0.1) is 0 Å². The van der Waals surface area contributed by atoms with Gasteiger partial charge in [-0.25, -0.2) is 4.79 Å². The van der Waals surface area contributed by atoms with Crippen molar-refractivity contribution in [1.82, 2.24) is 4.90 Å². The summed E-state index contributed by atoms with van der Waals surface area (Å²) in [5, 5.41) is 0. The first kappa shape index (κ1) is 12.4. The summed E-state index contributed by atoms with van der Waals surface area (Å²) in [6.45, 7) is 9.21. The fraction of sp³-hybridized carbons (Fsp3) is 0.846. The van der Waals surface area contributed by atoms with Gasteiger partial charge in [0.2, 0.25) is 0 Å². The van der Waals surface area contributed by atoms with E-state index in [9.17, 15) is 9.59 Å². The number of carbonyl (C=O) groups excluding carboxylic acids is 2. The largest absolute Gasteiger partial charge is 0.444 e. The highest BCUT2D eigenvalue weighted by atomic mass is 16.6. The lowest BCUT2D eigenvalue weighted by atomic mass is 9.93. The number of amides is 1. The molecule has 2 aliphatic rings. The van der Waals surface area contributed by atoms with Crippen LogP contribution in [0.4, 0.5) is 4.79 Å². The molecule has 1 saturated heterocycles. The quantitative estimate of drug-likeness (QED) is 0.692. The van der Waals surface area contributed by atoms with Gasteiger partial charge in [0.1, 0.15) is 11.9 Å². The highest BCUT2D eigenvalue weighted by Gasteiger charge is 2.54. The van der Waals surface area contributed by atoms with Gasteiger partial charge in [0.15, 0.2) is 0 Å². The van der Waals surface area contributed by atoms with E-state index in [-0.39, 0.29) is 12.0 Å². The number of nitrogens with zero attached hydrogens (tertiary/aromatic N) is 1. The minimum absolute atomic E-state index is 0.223. The van der Waals surface area contributed by atoms with Crippen LogP contribution in [0.2, 0.25) is 0 Å². The molecular formula is C13H21NO3. The third-order valence-electron chi connectivity index (χ3n) is 3.78. The maximum absolute atomic E-state index is 11.7. The second-order valence-electron chi connectivity index (χ2n) is 6.30. The van der Waals surface area contributed by atoms with Crippen molar-refractivity contribution >= 4 is 12.4 Å². The van der Waals surface area contributed by atoms with E-state index in [1.165, 1.54) is 0 Å². The standard InChI is InChI=1S/C13H21NO3/c1-8-10(7-15)11(8)9-5-14(6-9)12(16)17-13(2,3)4/h7-11H,5-6H2,1-4H3/t8-,10+,11-/m1/s1. The van der Waals surface area contributed by atoms with Crippen LogP contribution in [0.15, 0.2) is 0 Å². The number of hydrogen-bond acceptors (Lipinski definition) is 3. The Bertz CT molecular complexity index is 328. The van der Waals surface area contributed by atoms with E-state index >= 15 is 0 Å². The first-order valence-corrected chi connectivity index (χ1v) is 6.26. The minimum atomic E-state index is -0.430. The highest BCUT2D eigenvalue weighted by molar-refractivity contribution is 5.69. The molecule has 96 valence electrons. The van der Waals surface area contributed by atoms with Crippen molar-refractivity contribution in [2.75, 3.05) is 13.1 Å². The third kappa shape index (κ3) is 2.45. The minimum Gasteiger partial charge on any atom is -0.444 e. The Balaban J connectivity index is 1.76. The van der Waals surface area contributed by atoms with Gasteiger partial charge >= 0.3 is 6.09 Å². The van der Waals surface area contributed by atoms with E-state index in [2.05, 4.69) is 6.92 Å². The van der Waals surface area contributed by atoms with Gasteiger partial charge in [-0.3, -0.25) is 0 Å². The van der Waals surface area contributed by atoms with Crippen LogP contribution in [0.25, 0.3) is 0 Å². The van der Waals surface area contributed by atoms with Crippen LogP contribution in [0.1, 0.15) is 27.7 Å². The molecule has 0 unspecified atom stereocenters. The molecular weight excluding hydrogens is 218 g/mol. The summed E-state index contributed by atoms with van der Waals surface area (Å²) in [5.74, 6) is 1.71. The number of ether oxygens (including phenoxy) is 1. The number of likely N-dealkylation sites (tertiary alicyclic amines) is 1. The average Bonchev–Trinajstić information content (AvgIpc) is 2.70. The van der Waals surface area contributed by atoms with E-state index in [4.69, 9.17) is 4.74 Å². The van der Waals surface area contributed by atoms with Gasteiger partial charge in [-0.2, -0.15) is 0 Å². The van der Waals surface area contributed by atoms with Crippen molar-refractivity contribution in [3.63, 3.8) is 0 Å². The van der Waals surface area contributed by atoms with E-state index in [0.717, 1.165) is 19.4 Å². The smallest absolute Gasteiger partial charge is 0.410 e. The third-order valence-corrected chi connectivity index (χ3v) is 3.78. The van der Waals surface area contributed by atoms with Crippen molar-refractivity contribution in [3.8, 4) is 0 Å². The summed E-state index contributed by atoms with van der Waals surface area (Å²) in [5.41, 5.74) is -0.430. The Morgan fingerprint density at radius 2 is 1.94 bits per heavy atom. The average molecular weight is 239 g/mol. The molecule has 0 aromatic heterocycles. The molecule has 1 heterocycles. The zero-order valence-corrected chi connectivity index (χ0v) is 11.0. The summed E-state index contributed by atoms with van der Waals surface area (Å²) < 4.78 is 5.29. The predicted octanol–water partition coefficient (Wildman–Crippen LogP) is 1.93. The first-order valence-electron chi connectivity index (χ1n) is 6.26. The zero-order valence-electron chi connectivity index (χ0n) is 11.0. The Kier molecular flexibility index (Phi) is 2.92. The second-order valence-corrected chi connectivity index (χ2v) is 6.30. The molecule has 0 aromatic rings. The van der Waals surface area contributed by atoms with Crippen LogP contribution in [-0.4, -0.2) is 36.0 Å². The molecule has 0 N–H and O–H groups in total. The Hall–Kier alpha value is -1.06. The molecule has 2 rings (SSSR count). The van der Waals surface area contributed by atoms with E-state index in [1.807, 2.05) is 20.8 Å². The summed E-state index contributed by atoms with van der Waals surface area (Å²) in [4.78, 5) is 24.2. The van der Waals surface area contributed by atoms with Crippen LogP contribution in [0.3, 0.4) is 0 Å². The molecule has 4 nitrogen and oxygen atoms in total. The number of rotatable bonds is 2. The molecule has 17 heavy (non-hydrogen) atoms. The Labute approximate surface area is 102 Å². The molecule has 0 bridgehead atoms. The molecule has 4 heteroatoms. The van der Waals surface area contributed by atoms with Gasteiger partial charge in [-0.15, -0.1) is 0 Å². The molecule has 1 amide bonds. The molecule has 0 radical (unpaired) electrons. The van der Waals surface area contributed by atoms with Gasteiger partial charge in [-0.1, -0.05) is 6.92 Å². The maximum atomic E-state index is 11.7. The maximum Gasteiger partial charge on any atom is 0.410 e. The van der Waals surface area contributed by atoms with Gasteiger partial charge in [0.25, 0.3) is 0 Å². The SMILES string of the molecule is C[C@@H]1[C@H](C=O)[C@H]1C1CN(C(=O)OC(C)(C)C)C1. The fourth-order valence-corrected chi connectivity index (χ4v) is 2.72. The molecule has 0 spiro atoms. The van der Waals surface area contributed by atoms with Gasteiger partial charge in [0, 0.05) is 19.0 Å². The molecule has 3 atom stereocenters. The highest BCUT2D eigenvalue weighted by Crippen LogP contribution is 2.51. The normalized spacial score (nSPS) is 32.9. The summed E-state index contributed by atoms with van der Waals surface area (Å²) >= 11 is 0. The van der Waals surface area contributed by atoms with Gasteiger partial charge in [-0.05, 0) is 38.5 Å². The Morgan fingerprint density at radius 3 is 2.35 bits per heavy atom. The van der Waals surface area contributed by atoms with Crippen molar-refractivity contribution in [3.05, 3.63) is 0 Å². The molecule has 0 aromatic carbocycles. The van der Waals surface area contributed by atoms with Crippen molar-refractivity contribution in [2.24, 2.45) is 23.7 Å². The fourth-order valence-electron chi connectivity index (χ4n) is 2.72. The molecule has 2 fully saturated rings. The van der Waals surface area contributed by atoms with Crippen molar-refractivity contribution in [2.45, 2.75) is 33.3 Å². The lowest BCUT2D eigenvalue weighted by Crippen LogP contribution is -2.52. The Morgan fingerprint density at radius 1 is 1.35 bits per heavy atom. The monoisotopic (exact) mass is 239 g/mol. The van der Waals surface area contributed by atoms with Crippen LogP contribution < -0.4 is 0 Å². The van der Waals surface area contributed by atoms with Crippen LogP contribution >= 0.6 is 0 Å². The summed E-state index contributed by atoms with van der Waals surface area (Å²) in [6.07, 6.45) is 0.829. The van der Waals surface area contributed by atoms with E-state index in [0.29, 0.717) is 17.8 Å². The van der Waals surface area contributed by atoms with Crippen LogP contribution in [0, 0.1) is 23.7 Å². The second kappa shape index (κ2) is 4.00. The van der Waals surface area contributed by atoms with Crippen molar-refractivity contribution < 1.29 is 14.3 Å². The topological polar surface area (TPSA) is 46.6 Å². The van der Waals surface area contributed by atoms with E-state index in [1.54, 1.807) is 4.90 Å². The molecule has 1 aliphatic carbocycles. The number of hydrogen-bond donors (Lipinski definition) is 0. The van der Waals surface area contributed by atoms with E-state index < -0.39 is 5.60 Å². The summed E-state index contributed by atoms with van der Waals surface area (Å²) in [6, 6.07) is 0. The van der Waals surface area contributed by atoms with Gasteiger partial charge < -0.3 is 14.4 Å². The summed E-state index contributed by atoms with van der Waals surface area (Å²) in [7, 11) is 0. The zero-order chi connectivity index (χ0) is 12.8. The molecule has 1 aliphatic heterocycles. The van der Waals surface area contributed by atoms with Crippen molar-refractivity contribution in [1.29, 1.82) is 0 Å². The van der Waals surface area contributed by atoms with Crippen LogP contribution in [0.5, 0.6) is 0 Å². The first-order chi connectivity index (χ1) is 7.83. The lowest BCUT2D eigenvalue weighted by Gasteiger charge is -2.40. The molecule has 1 saturated carbocycles. The lowest BCUT2D eigenvalue weighted by molar-refractivity contribution is -0.109. The number of aldehydes is 1.